The summed E-state index contributed by atoms with van der Waals surface area (Å²) in [5, 5.41) is 9.42. The minimum Gasteiger partial charge on any atom is -0.480 e. The summed E-state index contributed by atoms with van der Waals surface area (Å²) >= 11 is 0. The van der Waals surface area contributed by atoms with Crippen LogP contribution in [-0.4, -0.2) is 63.7 Å². The number of carbonyl (C=O) groups is 3. The fourth-order valence-corrected chi connectivity index (χ4v) is 2.43. The van der Waals surface area contributed by atoms with Crippen LogP contribution in [0.25, 0.3) is 0 Å². The molecular formula is C15H26N2O5. The first-order valence-electron chi connectivity index (χ1n) is 7.47. The summed E-state index contributed by atoms with van der Waals surface area (Å²) in [5.74, 6) is -1.63. The Morgan fingerprint density at radius 3 is 2.14 bits per heavy atom. The number of aliphatic carboxylic acids is 1. The Bertz CT molecular complexity index is 455. The van der Waals surface area contributed by atoms with Gasteiger partial charge in [-0.1, -0.05) is 13.8 Å². The zero-order chi connectivity index (χ0) is 17.2. The van der Waals surface area contributed by atoms with Crippen molar-refractivity contribution in [2.45, 2.75) is 59.2 Å². The molecule has 0 aliphatic carbocycles. The number of carboxylic acid groups (broad SMARTS) is 1. The Morgan fingerprint density at radius 2 is 1.73 bits per heavy atom. The van der Waals surface area contributed by atoms with Crippen molar-refractivity contribution in [2.24, 2.45) is 5.92 Å². The Balaban J connectivity index is 2.95. The molecule has 7 nitrogen and oxygen atoms in total. The second-order valence-electron chi connectivity index (χ2n) is 6.99. The number of rotatable bonds is 2. The average molecular weight is 314 g/mol. The van der Waals surface area contributed by atoms with Gasteiger partial charge in [0.1, 0.15) is 11.6 Å². The van der Waals surface area contributed by atoms with Gasteiger partial charge < -0.3 is 19.6 Å². The lowest BCUT2D eigenvalue weighted by Gasteiger charge is -2.44. The van der Waals surface area contributed by atoms with Gasteiger partial charge in [0, 0.05) is 18.5 Å². The van der Waals surface area contributed by atoms with Gasteiger partial charge in [0.25, 0.3) is 0 Å². The van der Waals surface area contributed by atoms with E-state index >= 15 is 0 Å². The number of carboxylic acids is 1. The Morgan fingerprint density at radius 1 is 1.18 bits per heavy atom. The number of amides is 2. The molecule has 7 heteroatoms. The molecule has 2 unspecified atom stereocenters. The summed E-state index contributed by atoms with van der Waals surface area (Å²) in [6.07, 6.45) is -0.553. The van der Waals surface area contributed by atoms with Crippen molar-refractivity contribution < 1.29 is 24.2 Å². The maximum atomic E-state index is 12.3. The second-order valence-corrected chi connectivity index (χ2v) is 6.99. The van der Waals surface area contributed by atoms with Gasteiger partial charge in [0.05, 0.1) is 6.54 Å². The first kappa shape index (κ1) is 18.3. The monoisotopic (exact) mass is 314 g/mol. The zero-order valence-corrected chi connectivity index (χ0v) is 14.1. The highest BCUT2D eigenvalue weighted by molar-refractivity contribution is 5.86. The second kappa shape index (κ2) is 6.54. The van der Waals surface area contributed by atoms with Crippen LogP contribution in [0.2, 0.25) is 0 Å². The summed E-state index contributed by atoms with van der Waals surface area (Å²) in [7, 11) is 0. The number of ether oxygens (including phenoxy) is 1. The smallest absolute Gasteiger partial charge is 0.410 e. The molecule has 1 saturated heterocycles. The van der Waals surface area contributed by atoms with Crippen LogP contribution in [-0.2, 0) is 14.3 Å². The number of hydrogen-bond donors (Lipinski definition) is 1. The van der Waals surface area contributed by atoms with Gasteiger partial charge in [-0.15, -0.1) is 0 Å². The predicted molar refractivity (Wildman–Crippen MR) is 80.4 cm³/mol. The van der Waals surface area contributed by atoms with Gasteiger partial charge in [-0.25, -0.2) is 9.59 Å². The Hall–Kier alpha value is -1.79. The average Bonchev–Trinajstić information content (AvgIpc) is 2.34. The normalized spacial score (nSPS) is 22.7. The first-order chi connectivity index (χ1) is 9.94. The van der Waals surface area contributed by atoms with E-state index in [1.54, 1.807) is 41.5 Å². The Labute approximate surface area is 131 Å². The maximum Gasteiger partial charge on any atom is 0.410 e. The topological polar surface area (TPSA) is 87.2 Å². The van der Waals surface area contributed by atoms with Crippen LogP contribution in [0.4, 0.5) is 4.79 Å². The van der Waals surface area contributed by atoms with Crippen LogP contribution in [0.5, 0.6) is 0 Å². The highest BCUT2D eigenvalue weighted by Crippen LogP contribution is 2.21. The van der Waals surface area contributed by atoms with Crippen molar-refractivity contribution in [1.82, 2.24) is 9.80 Å². The number of carbonyl (C=O) groups excluding carboxylic acids is 2. The summed E-state index contributed by atoms with van der Waals surface area (Å²) in [4.78, 5) is 38.6. The van der Waals surface area contributed by atoms with E-state index < -0.39 is 23.7 Å². The molecule has 0 aromatic carbocycles. The van der Waals surface area contributed by atoms with Gasteiger partial charge in [0.2, 0.25) is 5.91 Å². The molecule has 2 atom stereocenters. The quantitative estimate of drug-likeness (QED) is 0.836. The molecule has 1 N–H and O–H groups in total. The van der Waals surface area contributed by atoms with Crippen molar-refractivity contribution in [3.8, 4) is 0 Å². The van der Waals surface area contributed by atoms with Gasteiger partial charge in [-0.05, 0) is 27.7 Å². The largest absolute Gasteiger partial charge is 0.480 e. The molecule has 22 heavy (non-hydrogen) atoms. The van der Waals surface area contributed by atoms with E-state index in [1.807, 2.05) is 0 Å². The van der Waals surface area contributed by atoms with Crippen LogP contribution in [0.1, 0.15) is 41.5 Å². The van der Waals surface area contributed by atoms with Crippen molar-refractivity contribution in [3.05, 3.63) is 0 Å². The van der Waals surface area contributed by atoms with Gasteiger partial charge in [0.15, 0.2) is 0 Å². The number of piperazine rings is 1. The lowest BCUT2D eigenvalue weighted by molar-refractivity contribution is -0.158. The van der Waals surface area contributed by atoms with Crippen molar-refractivity contribution >= 4 is 18.0 Å². The van der Waals surface area contributed by atoms with E-state index in [2.05, 4.69) is 0 Å². The molecule has 1 rings (SSSR count). The summed E-state index contributed by atoms with van der Waals surface area (Å²) in [5.41, 5.74) is -0.649. The molecule has 1 fully saturated rings. The molecule has 0 aromatic rings. The SMILES string of the molecule is CC(C)C(=O)N1C(C)CN(C(=O)OC(C)(C)C)CC1C(=O)O. The van der Waals surface area contributed by atoms with E-state index in [1.165, 1.54) is 9.80 Å². The summed E-state index contributed by atoms with van der Waals surface area (Å²) < 4.78 is 5.29. The van der Waals surface area contributed by atoms with E-state index in [0.717, 1.165) is 0 Å². The molecule has 0 spiro atoms. The van der Waals surface area contributed by atoms with Gasteiger partial charge in [-0.2, -0.15) is 0 Å². The molecule has 0 aromatic heterocycles. The van der Waals surface area contributed by atoms with Crippen LogP contribution in [0.15, 0.2) is 0 Å². The third kappa shape index (κ3) is 4.35. The van der Waals surface area contributed by atoms with Crippen LogP contribution in [0.3, 0.4) is 0 Å². The van der Waals surface area contributed by atoms with Crippen LogP contribution >= 0.6 is 0 Å². The third-order valence-electron chi connectivity index (χ3n) is 3.37. The van der Waals surface area contributed by atoms with E-state index in [4.69, 9.17) is 4.74 Å². The maximum absolute atomic E-state index is 12.3. The lowest BCUT2D eigenvalue weighted by atomic mass is 10.0. The molecule has 1 heterocycles. The summed E-state index contributed by atoms with van der Waals surface area (Å²) in [6.45, 7) is 10.7. The molecule has 0 bridgehead atoms. The molecule has 0 radical (unpaired) electrons. The van der Waals surface area contributed by atoms with E-state index in [0.29, 0.717) is 0 Å². The predicted octanol–water partition coefficient (Wildman–Crippen LogP) is 1.56. The zero-order valence-electron chi connectivity index (χ0n) is 14.1. The fourth-order valence-electron chi connectivity index (χ4n) is 2.43. The van der Waals surface area contributed by atoms with Crippen molar-refractivity contribution in [1.29, 1.82) is 0 Å². The number of nitrogens with zero attached hydrogens (tertiary/aromatic N) is 2. The molecule has 1 aliphatic rings. The van der Waals surface area contributed by atoms with Gasteiger partial charge in [-0.3, -0.25) is 4.79 Å². The van der Waals surface area contributed by atoms with E-state index in [-0.39, 0.29) is 31.0 Å². The first-order valence-corrected chi connectivity index (χ1v) is 7.47. The molecule has 2 amide bonds. The van der Waals surface area contributed by atoms with Gasteiger partial charge >= 0.3 is 12.1 Å². The van der Waals surface area contributed by atoms with E-state index in [9.17, 15) is 19.5 Å². The number of hydrogen-bond acceptors (Lipinski definition) is 4. The molecule has 0 saturated carbocycles. The lowest BCUT2D eigenvalue weighted by Crippen LogP contribution is -2.64. The summed E-state index contributed by atoms with van der Waals surface area (Å²) in [6, 6.07) is -1.43. The molecule has 1 aliphatic heterocycles. The fraction of sp³-hybridized carbons (Fsp3) is 0.800. The highest BCUT2D eigenvalue weighted by Gasteiger charge is 2.42. The standard InChI is InChI=1S/C15H26N2O5/c1-9(2)12(18)17-10(3)7-16(8-11(17)13(19)20)14(21)22-15(4,5)6/h9-11H,7-8H2,1-6H3,(H,19,20). The third-order valence-corrected chi connectivity index (χ3v) is 3.37. The minimum absolute atomic E-state index is 0.0625. The molecule has 126 valence electrons. The van der Waals surface area contributed by atoms with Crippen molar-refractivity contribution in [2.75, 3.05) is 13.1 Å². The minimum atomic E-state index is -1.12. The van der Waals surface area contributed by atoms with Crippen LogP contribution < -0.4 is 0 Å². The Kier molecular flexibility index (Phi) is 5.43. The molecular weight excluding hydrogens is 288 g/mol. The highest BCUT2D eigenvalue weighted by atomic mass is 16.6. The van der Waals surface area contributed by atoms with Crippen LogP contribution in [0, 0.1) is 5.92 Å². The van der Waals surface area contributed by atoms with Crippen molar-refractivity contribution in [3.63, 3.8) is 0 Å².